The molecule has 0 saturated carbocycles. The summed E-state index contributed by atoms with van der Waals surface area (Å²) in [5.41, 5.74) is 0.948. The minimum Gasteiger partial charge on any atom is -0.406 e. The molecule has 4 N–H and O–H groups in total. The summed E-state index contributed by atoms with van der Waals surface area (Å²) in [6, 6.07) is 3.74. The third-order valence-corrected chi connectivity index (χ3v) is 4.25. The number of halogens is 3. The van der Waals surface area contributed by atoms with Crippen molar-refractivity contribution in [2.24, 2.45) is 0 Å². The van der Waals surface area contributed by atoms with Gasteiger partial charge in [-0.05, 0) is 30.2 Å². The first-order chi connectivity index (χ1) is 13.8. The number of rotatable bonds is 5. The van der Waals surface area contributed by atoms with Crippen LogP contribution in [0.5, 0.6) is 5.75 Å². The second-order valence-electron chi connectivity index (χ2n) is 6.31. The number of benzene rings is 1. The highest BCUT2D eigenvalue weighted by molar-refractivity contribution is 5.89. The molecule has 2 aliphatic rings. The molecular formula is C18H19F3N4O4. The summed E-state index contributed by atoms with van der Waals surface area (Å²) in [5.74, 6) is -0.308. The first-order valence-electron chi connectivity index (χ1n) is 8.76. The van der Waals surface area contributed by atoms with Crippen molar-refractivity contribution in [2.45, 2.75) is 18.8 Å². The average Bonchev–Trinajstić information content (AvgIpc) is 2.66. The highest BCUT2D eigenvalue weighted by Crippen LogP contribution is 2.26. The van der Waals surface area contributed by atoms with Gasteiger partial charge in [0.05, 0.1) is 11.7 Å². The van der Waals surface area contributed by atoms with Crippen LogP contribution in [0.4, 0.5) is 18.0 Å². The number of dihydropyridines is 1. The molecule has 1 unspecified atom stereocenters. The monoisotopic (exact) mass is 412 g/mol. The number of hydrogen-bond acceptors (Lipinski definition) is 5. The first-order valence-corrected chi connectivity index (χ1v) is 8.76. The van der Waals surface area contributed by atoms with E-state index in [4.69, 9.17) is 0 Å². The number of carbonyl (C=O) groups excluding carboxylic acids is 2. The lowest BCUT2D eigenvalue weighted by molar-refractivity contribution is -0.274. The molecule has 0 aromatic heterocycles. The third-order valence-electron chi connectivity index (χ3n) is 4.25. The molecule has 156 valence electrons. The SMILES string of the molecule is O=C1CN(C(=O)NC(CCO)c2ccc(OC(F)(F)F)cc2)C2=C(C=CCN2)N1. The lowest BCUT2D eigenvalue weighted by atomic mass is 10.0. The number of allylic oxidation sites excluding steroid dienone is 1. The van der Waals surface area contributed by atoms with Crippen molar-refractivity contribution in [3.8, 4) is 5.75 Å². The zero-order valence-corrected chi connectivity index (χ0v) is 15.1. The van der Waals surface area contributed by atoms with Crippen LogP contribution in [-0.2, 0) is 4.79 Å². The van der Waals surface area contributed by atoms with E-state index < -0.39 is 24.2 Å². The van der Waals surface area contributed by atoms with Crippen LogP contribution < -0.4 is 20.7 Å². The summed E-state index contributed by atoms with van der Waals surface area (Å²) < 4.78 is 40.7. The normalized spacial score (nSPS) is 17.2. The number of aliphatic hydroxyl groups excluding tert-OH is 1. The van der Waals surface area contributed by atoms with Crippen molar-refractivity contribution in [3.63, 3.8) is 0 Å². The molecule has 3 amide bonds. The van der Waals surface area contributed by atoms with Gasteiger partial charge in [0.25, 0.3) is 0 Å². The van der Waals surface area contributed by atoms with Gasteiger partial charge in [0, 0.05) is 13.2 Å². The minimum absolute atomic E-state index is 0.129. The van der Waals surface area contributed by atoms with Crippen LogP contribution in [0.3, 0.4) is 0 Å². The average molecular weight is 412 g/mol. The quantitative estimate of drug-likeness (QED) is 0.587. The molecule has 1 atom stereocenters. The van der Waals surface area contributed by atoms with Crippen molar-refractivity contribution in [3.05, 3.63) is 53.5 Å². The molecule has 11 heteroatoms. The van der Waals surface area contributed by atoms with E-state index >= 15 is 0 Å². The fourth-order valence-corrected chi connectivity index (χ4v) is 3.01. The molecule has 2 heterocycles. The number of amides is 3. The molecule has 0 saturated heterocycles. The standard InChI is InChI=1S/C18H19F3N4O4/c19-18(20,21)29-12-5-3-11(4-6-12)13(7-9-26)24-17(28)25-10-15(27)23-14-2-1-8-22-16(14)25/h1-6,13,22,26H,7-10H2,(H,23,27)(H,24,28). The number of nitrogens with zero attached hydrogens (tertiary/aromatic N) is 1. The van der Waals surface area contributed by atoms with Gasteiger partial charge in [0.1, 0.15) is 18.1 Å². The Hall–Kier alpha value is -3.21. The van der Waals surface area contributed by atoms with Crippen LogP contribution in [0.25, 0.3) is 0 Å². The van der Waals surface area contributed by atoms with Gasteiger partial charge >= 0.3 is 12.4 Å². The Balaban J connectivity index is 1.75. The van der Waals surface area contributed by atoms with Crippen LogP contribution in [0.1, 0.15) is 18.0 Å². The Labute approximate surface area is 164 Å². The Morgan fingerprint density at radius 3 is 2.69 bits per heavy atom. The molecule has 8 nitrogen and oxygen atoms in total. The third kappa shape index (κ3) is 5.19. The predicted molar refractivity (Wildman–Crippen MR) is 95.1 cm³/mol. The highest BCUT2D eigenvalue weighted by Gasteiger charge is 2.32. The summed E-state index contributed by atoms with van der Waals surface area (Å²) in [7, 11) is 0. The van der Waals surface area contributed by atoms with E-state index in [1.165, 1.54) is 17.0 Å². The summed E-state index contributed by atoms with van der Waals surface area (Å²) in [6.45, 7) is 0.0239. The largest absolute Gasteiger partial charge is 0.573 e. The molecule has 0 radical (unpaired) electrons. The minimum atomic E-state index is -4.80. The molecule has 1 aromatic carbocycles. The maximum Gasteiger partial charge on any atom is 0.573 e. The maximum atomic E-state index is 12.8. The molecule has 0 bridgehead atoms. The molecule has 3 rings (SSSR count). The molecule has 29 heavy (non-hydrogen) atoms. The second-order valence-corrected chi connectivity index (χ2v) is 6.31. The fraction of sp³-hybridized carbons (Fsp3) is 0.333. The zero-order chi connectivity index (χ0) is 21.0. The number of nitrogens with one attached hydrogen (secondary N) is 3. The van der Waals surface area contributed by atoms with E-state index in [1.807, 2.05) is 0 Å². The van der Waals surface area contributed by atoms with Crippen LogP contribution in [-0.4, -0.2) is 48.0 Å². The molecule has 0 aliphatic carbocycles. The number of alkyl halides is 3. The number of hydrogen-bond donors (Lipinski definition) is 4. The van der Waals surface area contributed by atoms with E-state index in [2.05, 4.69) is 20.7 Å². The lowest BCUT2D eigenvalue weighted by Crippen LogP contribution is -2.53. The Kier molecular flexibility index (Phi) is 5.97. The van der Waals surface area contributed by atoms with Crippen LogP contribution in [0.15, 0.2) is 47.9 Å². The van der Waals surface area contributed by atoms with Crippen LogP contribution in [0.2, 0.25) is 0 Å². The van der Waals surface area contributed by atoms with Gasteiger partial charge in [-0.1, -0.05) is 18.2 Å². The van der Waals surface area contributed by atoms with E-state index in [1.54, 1.807) is 12.2 Å². The summed E-state index contributed by atoms with van der Waals surface area (Å²) in [4.78, 5) is 25.9. The van der Waals surface area contributed by atoms with Gasteiger partial charge in [-0.3, -0.25) is 9.69 Å². The molecule has 1 aromatic rings. The van der Waals surface area contributed by atoms with Gasteiger partial charge < -0.3 is 25.8 Å². The molecule has 2 aliphatic heterocycles. The molecule has 0 spiro atoms. The smallest absolute Gasteiger partial charge is 0.406 e. The van der Waals surface area contributed by atoms with Crippen molar-refractivity contribution >= 4 is 11.9 Å². The predicted octanol–water partition coefficient (Wildman–Crippen LogP) is 1.48. The Morgan fingerprint density at radius 1 is 1.31 bits per heavy atom. The van der Waals surface area contributed by atoms with Gasteiger partial charge in [-0.15, -0.1) is 13.2 Å². The van der Waals surface area contributed by atoms with Crippen molar-refractivity contribution in [1.82, 2.24) is 20.9 Å². The molecule has 0 fully saturated rings. The first kappa shape index (κ1) is 20.5. The van der Waals surface area contributed by atoms with Gasteiger partial charge in [0.2, 0.25) is 5.91 Å². The summed E-state index contributed by atoms with van der Waals surface area (Å²) >= 11 is 0. The fourth-order valence-electron chi connectivity index (χ4n) is 3.01. The van der Waals surface area contributed by atoms with Crippen molar-refractivity contribution in [2.75, 3.05) is 19.7 Å². The number of carbonyl (C=O) groups is 2. The van der Waals surface area contributed by atoms with Gasteiger partial charge in [-0.25, -0.2) is 4.79 Å². The van der Waals surface area contributed by atoms with Crippen molar-refractivity contribution in [1.29, 1.82) is 0 Å². The molecular weight excluding hydrogens is 393 g/mol. The van der Waals surface area contributed by atoms with Crippen molar-refractivity contribution < 1.29 is 32.6 Å². The van der Waals surface area contributed by atoms with E-state index in [-0.39, 0.29) is 25.5 Å². The Morgan fingerprint density at radius 2 is 2.03 bits per heavy atom. The summed E-state index contributed by atoms with van der Waals surface area (Å²) in [5, 5.41) is 17.7. The zero-order valence-electron chi connectivity index (χ0n) is 15.1. The van der Waals surface area contributed by atoms with Gasteiger partial charge in [0.15, 0.2) is 0 Å². The lowest BCUT2D eigenvalue weighted by Gasteiger charge is -2.34. The van der Waals surface area contributed by atoms with E-state index in [0.717, 1.165) is 12.1 Å². The highest BCUT2D eigenvalue weighted by atomic mass is 19.4. The number of urea groups is 1. The Bertz CT molecular complexity index is 837. The van der Waals surface area contributed by atoms with Crippen LogP contribution >= 0.6 is 0 Å². The topological polar surface area (TPSA) is 103 Å². The second kappa shape index (κ2) is 8.43. The number of ether oxygens (including phenoxy) is 1. The van der Waals surface area contributed by atoms with Crippen LogP contribution in [0, 0.1) is 0 Å². The van der Waals surface area contributed by atoms with Gasteiger partial charge in [-0.2, -0.15) is 0 Å². The van der Waals surface area contributed by atoms with E-state index in [9.17, 15) is 27.9 Å². The summed E-state index contributed by atoms with van der Waals surface area (Å²) in [6.07, 6.45) is -1.19. The maximum absolute atomic E-state index is 12.8. The number of aliphatic hydroxyl groups is 1. The van der Waals surface area contributed by atoms with E-state index in [0.29, 0.717) is 23.6 Å².